The number of aromatic carboxylic acids is 1. The highest BCUT2D eigenvalue weighted by Gasteiger charge is 2.32. The summed E-state index contributed by atoms with van der Waals surface area (Å²) < 4.78 is 67.4. The number of phosphoric ester groups is 1. The lowest BCUT2D eigenvalue weighted by molar-refractivity contribution is -0.166. The van der Waals surface area contributed by atoms with Crippen molar-refractivity contribution in [3.63, 3.8) is 0 Å². The van der Waals surface area contributed by atoms with Gasteiger partial charge in [0.15, 0.2) is 5.43 Å². The van der Waals surface area contributed by atoms with Crippen molar-refractivity contribution in [3.8, 4) is 28.2 Å². The molecule has 2 aliphatic rings. The zero-order valence-electron chi connectivity index (χ0n) is 44.1. The minimum atomic E-state index is -4.86. The lowest BCUT2D eigenvalue weighted by Gasteiger charge is -2.28. The number of hydroxylamine groups is 2. The molecule has 3 atom stereocenters. The molecule has 0 saturated heterocycles. The maximum Gasteiger partial charge on any atom is 0.494 e. The van der Waals surface area contributed by atoms with Gasteiger partial charge in [-0.25, -0.2) is 14.4 Å². The van der Waals surface area contributed by atoms with Crippen molar-refractivity contribution in [1.82, 2.24) is 10.4 Å². The molecule has 0 radical (unpaired) electrons. The van der Waals surface area contributed by atoms with Gasteiger partial charge in [-0.05, 0) is 103 Å². The lowest BCUT2D eigenvalue weighted by atomic mass is 9.90. The quantitative estimate of drug-likeness (QED) is 0.0120. The van der Waals surface area contributed by atoms with Crippen LogP contribution in [-0.2, 0) is 61.3 Å². The van der Waals surface area contributed by atoms with Crippen LogP contribution in [0, 0.1) is 0 Å². The van der Waals surface area contributed by atoms with Crippen LogP contribution in [0.3, 0.4) is 0 Å². The molecule has 420 valence electrons. The molecule has 23 nitrogen and oxygen atoms in total. The number of phosphoric acid groups is 1. The van der Waals surface area contributed by atoms with Crippen molar-refractivity contribution in [2.24, 2.45) is 5.73 Å². The first-order valence-corrected chi connectivity index (χ1v) is 26.3. The zero-order valence-corrected chi connectivity index (χ0v) is 45.0. The summed E-state index contributed by atoms with van der Waals surface area (Å²) in [6.45, 7) is 12.6. The summed E-state index contributed by atoms with van der Waals surface area (Å²) in [5, 5.41) is 24.1. The number of nitrogens with zero attached hydrogens (tertiary/aromatic N) is 1. The first-order chi connectivity index (χ1) is 35.9. The van der Waals surface area contributed by atoms with Crippen LogP contribution < -0.4 is 16.5 Å². The number of carboxylic acids is 1. The molecule has 6 N–H and O–H groups in total. The number of fused-ring (bicyclic) bond motifs is 2. The Kier molecular flexibility index (Phi) is 24.9. The van der Waals surface area contributed by atoms with Crippen LogP contribution in [0.4, 0.5) is 0 Å². The molecule has 1 aliphatic carbocycles. The largest absolute Gasteiger partial charge is 0.508 e. The minimum absolute atomic E-state index is 0.0406. The number of esters is 2. The Morgan fingerprint density at radius 1 is 0.789 bits per heavy atom. The van der Waals surface area contributed by atoms with E-state index in [9.17, 15) is 48.4 Å². The molecule has 1 aliphatic heterocycles. The molecular weight excluding hydrogens is 1020 g/mol. The zero-order chi connectivity index (χ0) is 56.1. The number of nitrogens with one attached hydrogen (secondary N) is 1. The second-order valence-corrected chi connectivity index (χ2v) is 20.6. The number of ether oxygens (including phenoxy) is 7. The van der Waals surface area contributed by atoms with Gasteiger partial charge in [0.25, 0.3) is 5.91 Å². The fraction of sp³-hybridized carbons (Fsp3) is 0.538. The van der Waals surface area contributed by atoms with Crippen LogP contribution >= 0.6 is 7.82 Å². The van der Waals surface area contributed by atoms with Gasteiger partial charge in [-0.1, -0.05) is 12.5 Å². The van der Waals surface area contributed by atoms with Crippen LogP contribution in [0.25, 0.3) is 33.4 Å². The van der Waals surface area contributed by atoms with E-state index in [2.05, 4.69) is 5.32 Å². The van der Waals surface area contributed by atoms with Gasteiger partial charge in [0.2, 0.25) is 5.91 Å². The van der Waals surface area contributed by atoms with E-state index in [1.165, 1.54) is 49.4 Å². The highest BCUT2D eigenvalue weighted by molar-refractivity contribution is 7.47. The molecule has 0 saturated carbocycles. The van der Waals surface area contributed by atoms with Gasteiger partial charge in [-0.15, -0.1) is 0 Å². The highest BCUT2D eigenvalue weighted by atomic mass is 31.2. The second-order valence-electron chi connectivity index (χ2n) is 19.2. The highest BCUT2D eigenvalue weighted by Crippen LogP contribution is 2.45. The summed E-state index contributed by atoms with van der Waals surface area (Å²) in [5.74, 6) is -3.40. The van der Waals surface area contributed by atoms with Crippen molar-refractivity contribution in [3.05, 3.63) is 75.9 Å². The van der Waals surface area contributed by atoms with Gasteiger partial charge in [0, 0.05) is 53.7 Å². The summed E-state index contributed by atoms with van der Waals surface area (Å²) in [5.41, 5.74) is 5.71. The fourth-order valence-electron chi connectivity index (χ4n) is 7.26. The van der Waals surface area contributed by atoms with Gasteiger partial charge >= 0.3 is 25.7 Å². The van der Waals surface area contributed by atoms with E-state index < -0.39 is 61.5 Å². The smallest absolute Gasteiger partial charge is 0.494 e. The number of phenols is 1. The summed E-state index contributed by atoms with van der Waals surface area (Å²) in [6.07, 6.45) is 0.188. The van der Waals surface area contributed by atoms with E-state index in [1.807, 2.05) is 0 Å². The monoisotopic (exact) mass is 1090 g/mol. The Labute approximate surface area is 441 Å². The van der Waals surface area contributed by atoms with Crippen LogP contribution in [0.2, 0.25) is 0 Å². The molecule has 24 heteroatoms. The standard InChI is InChI=1S/C52H72N3O20P/c1-8-55(75-76(64,65)71-33-37(73-51(2,3)4)32-70-50(63)42(53)11-9-10-12-46(59)74-52(5,6)7)45(58)19-21-66-23-25-68-27-28-69-26-24-67-22-20-54-48(60)34-13-16-38(41(29-34)49(61)62)47-39-17-14-35(56)30-43(39)72-44-31-36(57)15-18-40(44)47/h13-18,29-31,37,42,56H,8-12,19-28,32-33,53H2,1-7H3,(H,54,60)(H,61,62)(H,64,65). The third kappa shape index (κ3) is 22.0. The number of amides is 2. The van der Waals surface area contributed by atoms with Crippen molar-refractivity contribution in [2.45, 2.75) is 104 Å². The number of carbonyl (C=O) groups is 5. The summed E-state index contributed by atoms with van der Waals surface area (Å²) in [7, 11) is -4.86. The van der Waals surface area contributed by atoms with Gasteiger partial charge in [-0.2, -0.15) is 4.62 Å². The van der Waals surface area contributed by atoms with Gasteiger partial charge < -0.3 is 63.7 Å². The SMILES string of the molecule is CCN(OP(=O)(O)OCC(COC(=O)C(N)CCCCC(=O)OC(C)(C)C)OC(C)(C)C)C(=O)CCOCCOCCOCCOCCNC(=O)c1ccc(-c2c3ccc(=O)cc-3oc3cc(O)ccc23)c(C(=O)O)c1. The van der Waals surface area contributed by atoms with E-state index in [0.29, 0.717) is 34.4 Å². The van der Waals surface area contributed by atoms with Crippen molar-refractivity contribution >= 4 is 48.5 Å². The van der Waals surface area contributed by atoms with E-state index in [-0.39, 0.29) is 137 Å². The van der Waals surface area contributed by atoms with E-state index in [4.69, 9.17) is 52.5 Å². The predicted molar refractivity (Wildman–Crippen MR) is 276 cm³/mol. The average Bonchev–Trinajstić information content (AvgIpc) is 3.34. The van der Waals surface area contributed by atoms with Gasteiger partial charge in [-0.3, -0.25) is 28.5 Å². The topological polar surface area (TPSA) is 318 Å². The average molecular weight is 1090 g/mol. The Hall–Kier alpha value is -5.85. The molecule has 0 bridgehead atoms. The number of rotatable bonds is 33. The molecule has 4 rings (SSSR count). The molecule has 0 fully saturated rings. The van der Waals surface area contributed by atoms with Crippen molar-refractivity contribution < 1.29 is 90.4 Å². The van der Waals surface area contributed by atoms with Gasteiger partial charge in [0.1, 0.15) is 41.4 Å². The first kappa shape index (κ1) is 62.7. The summed E-state index contributed by atoms with van der Waals surface area (Å²) >= 11 is 0. The van der Waals surface area contributed by atoms with Crippen LogP contribution in [0.1, 0.15) is 101 Å². The molecule has 3 unspecified atom stereocenters. The first-order valence-electron chi connectivity index (χ1n) is 24.8. The Bertz CT molecular complexity index is 2630. The molecular formula is C52H72N3O20P. The Balaban J connectivity index is 1.06. The molecule has 0 spiro atoms. The van der Waals surface area contributed by atoms with E-state index >= 15 is 0 Å². The third-order valence-electron chi connectivity index (χ3n) is 10.6. The number of hydrogen-bond donors (Lipinski definition) is 5. The number of benzene rings is 3. The number of aromatic hydroxyl groups is 1. The van der Waals surface area contributed by atoms with Crippen LogP contribution in [-0.4, -0.2) is 152 Å². The van der Waals surface area contributed by atoms with Crippen molar-refractivity contribution in [1.29, 1.82) is 0 Å². The Morgan fingerprint density at radius 3 is 2.07 bits per heavy atom. The summed E-state index contributed by atoms with van der Waals surface area (Å²) in [6, 6.07) is 11.9. The number of nitrogens with two attached hydrogens (primary N) is 1. The molecule has 2 aromatic rings. The second kappa shape index (κ2) is 30.2. The minimum Gasteiger partial charge on any atom is -0.508 e. The van der Waals surface area contributed by atoms with E-state index in [0.717, 1.165) is 0 Å². The third-order valence-corrected chi connectivity index (χ3v) is 11.4. The van der Waals surface area contributed by atoms with Crippen molar-refractivity contribution in [2.75, 3.05) is 79.2 Å². The maximum absolute atomic E-state index is 13.0. The van der Waals surface area contributed by atoms with E-state index in [1.54, 1.807) is 53.7 Å². The molecule has 1 heterocycles. The fourth-order valence-corrected chi connectivity index (χ4v) is 8.12. The lowest BCUT2D eigenvalue weighted by Crippen LogP contribution is -2.38. The Morgan fingerprint density at radius 2 is 1.43 bits per heavy atom. The number of hydrogen-bond acceptors (Lipinski definition) is 19. The molecule has 76 heavy (non-hydrogen) atoms. The number of unbranched alkanes of at least 4 members (excludes halogenated alkanes) is 1. The molecule has 2 aromatic carbocycles. The van der Waals surface area contributed by atoms with Crippen LogP contribution in [0.15, 0.2) is 63.8 Å². The number of phenolic OH excluding ortho intramolecular Hbond substituents is 1. The number of carbonyl (C=O) groups excluding carboxylic acids is 4. The van der Waals surface area contributed by atoms with Crippen LogP contribution in [0.5, 0.6) is 5.75 Å². The van der Waals surface area contributed by atoms with Gasteiger partial charge in [0.05, 0.1) is 77.0 Å². The maximum atomic E-state index is 13.0. The molecule has 0 aromatic heterocycles. The predicted octanol–water partition coefficient (Wildman–Crippen LogP) is 6.01. The number of carboxylic acid groups (broad SMARTS) is 1. The molecule has 2 amide bonds. The summed E-state index contributed by atoms with van der Waals surface area (Å²) in [4.78, 5) is 85.4. The normalized spacial score (nSPS) is 13.5.